The lowest BCUT2D eigenvalue weighted by atomic mass is 10.2. The van der Waals surface area contributed by atoms with Crippen molar-refractivity contribution in [3.8, 4) is 11.5 Å². The number of ether oxygens (including phenoxy) is 2. The topological polar surface area (TPSA) is 89.8 Å². The molecule has 1 heterocycles. The Morgan fingerprint density at radius 3 is 2.55 bits per heavy atom. The molecule has 0 saturated carbocycles. The number of furan rings is 1. The highest BCUT2D eigenvalue weighted by atomic mass is 16.5. The minimum Gasteiger partial charge on any atom is -0.493 e. The Labute approximate surface area is 180 Å². The van der Waals surface area contributed by atoms with Crippen LogP contribution in [0.5, 0.6) is 11.5 Å². The summed E-state index contributed by atoms with van der Waals surface area (Å²) in [5.74, 6) is 0.731. The van der Waals surface area contributed by atoms with Gasteiger partial charge < -0.3 is 24.5 Å². The maximum Gasteiger partial charge on any atom is 0.291 e. The van der Waals surface area contributed by atoms with Gasteiger partial charge in [0.25, 0.3) is 11.8 Å². The summed E-state index contributed by atoms with van der Waals surface area (Å²) < 4.78 is 16.0. The number of carbonyl (C=O) groups is 2. The molecule has 0 aliphatic rings. The zero-order valence-corrected chi connectivity index (χ0v) is 17.4. The van der Waals surface area contributed by atoms with Gasteiger partial charge in [0.05, 0.1) is 13.4 Å². The number of anilines is 1. The van der Waals surface area contributed by atoms with Crippen molar-refractivity contribution in [3.05, 3.63) is 83.8 Å². The van der Waals surface area contributed by atoms with Crippen LogP contribution in [0.1, 0.15) is 28.6 Å². The first-order valence-corrected chi connectivity index (χ1v) is 9.73. The van der Waals surface area contributed by atoms with E-state index in [0.717, 1.165) is 11.1 Å². The number of rotatable bonds is 9. The smallest absolute Gasteiger partial charge is 0.291 e. The molecule has 0 bridgehead atoms. The molecule has 2 aromatic carbocycles. The average Bonchev–Trinajstić information content (AvgIpc) is 3.33. The largest absolute Gasteiger partial charge is 0.493 e. The summed E-state index contributed by atoms with van der Waals surface area (Å²) >= 11 is 0. The fraction of sp³-hybridized carbons (Fsp3) is 0.167. The number of methoxy groups -OCH3 is 1. The third-order valence-electron chi connectivity index (χ3n) is 4.35. The maximum atomic E-state index is 12.1. The van der Waals surface area contributed by atoms with E-state index in [0.29, 0.717) is 23.7 Å². The van der Waals surface area contributed by atoms with Crippen LogP contribution in [0.25, 0.3) is 6.08 Å². The van der Waals surface area contributed by atoms with Crippen LogP contribution < -0.4 is 20.1 Å². The second kappa shape index (κ2) is 10.7. The Morgan fingerprint density at radius 2 is 1.87 bits per heavy atom. The van der Waals surface area contributed by atoms with Crippen molar-refractivity contribution in [2.45, 2.75) is 13.5 Å². The van der Waals surface area contributed by atoms with E-state index in [9.17, 15) is 9.59 Å². The van der Waals surface area contributed by atoms with Crippen LogP contribution in [0.2, 0.25) is 0 Å². The van der Waals surface area contributed by atoms with Crippen LogP contribution in [0.4, 0.5) is 5.69 Å². The molecule has 0 radical (unpaired) electrons. The molecule has 0 fully saturated rings. The van der Waals surface area contributed by atoms with Gasteiger partial charge in [0.2, 0.25) is 0 Å². The van der Waals surface area contributed by atoms with E-state index in [-0.39, 0.29) is 24.2 Å². The van der Waals surface area contributed by atoms with Crippen molar-refractivity contribution in [3.63, 3.8) is 0 Å². The minimum atomic E-state index is -0.322. The van der Waals surface area contributed by atoms with Crippen LogP contribution >= 0.6 is 0 Å². The van der Waals surface area contributed by atoms with Crippen LogP contribution in [-0.2, 0) is 11.3 Å². The predicted octanol–water partition coefficient (Wildman–Crippen LogP) is 4.27. The van der Waals surface area contributed by atoms with Crippen LogP contribution in [0, 0.1) is 0 Å². The second-order valence-corrected chi connectivity index (χ2v) is 6.60. The Balaban J connectivity index is 1.47. The van der Waals surface area contributed by atoms with Gasteiger partial charge in [-0.1, -0.05) is 30.4 Å². The van der Waals surface area contributed by atoms with Crippen molar-refractivity contribution in [2.75, 3.05) is 19.0 Å². The van der Waals surface area contributed by atoms with E-state index in [1.54, 1.807) is 37.4 Å². The number of benzene rings is 2. The van der Waals surface area contributed by atoms with Crippen molar-refractivity contribution in [2.24, 2.45) is 0 Å². The first-order chi connectivity index (χ1) is 15.1. The molecule has 1 aromatic heterocycles. The van der Waals surface area contributed by atoms with E-state index in [1.807, 2.05) is 43.3 Å². The molecule has 0 aliphatic carbocycles. The number of hydrogen-bond donors (Lipinski definition) is 2. The molecule has 0 unspecified atom stereocenters. The molecule has 2 amide bonds. The quantitative estimate of drug-likeness (QED) is 0.540. The first kappa shape index (κ1) is 21.7. The molecule has 7 heteroatoms. The number of allylic oxidation sites excluding steroid dienone is 1. The number of carbonyl (C=O) groups excluding carboxylic acids is 2. The Hall–Kier alpha value is -4.00. The third kappa shape index (κ3) is 6.24. The summed E-state index contributed by atoms with van der Waals surface area (Å²) in [5.41, 5.74) is 2.51. The van der Waals surface area contributed by atoms with Gasteiger partial charge in [-0.25, -0.2) is 0 Å². The summed E-state index contributed by atoms with van der Waals surface area (Å²) in [7, 11) is 1.56. The van der Waals surface area contributed by atoms with E-state index in [4.69, 9.17) is 13.9 Å². The van der Waals surface area contributed by atoms with Gasteiger partial charge in [-0.2, -0.15) is 0 Å². The van der Waals surface area contributed by atoms with Crippen LogP contribution in [0.3, 0.4) is 0 Å². The Kier molecular flexibility index (Phi) is 7.48. The monoisotopic (exact) mass is 420 g/mol. The Morgan fingerprint density at radius 1 is 1.06 bits per heavy atom. The molecule has 31 heavy (non-hydrogen) atoms. The normalized spacial score (nSPS) is 10.6. The van der Waals surface area contributed by atoms with Crippen molar-refractivity contribution in [1.82, 2.24) is 5.32 Å². The Bertz CT molecular complexity index is 1040. The molecule has 3 rings (SSSR count). The van der Waals surface area contributed by atoms with Crippen LogP contribution in [-0.4, -0.2) is 25.5 Å². The lowest BCUT2D eigenvalue weighted by molar-refractivity contribution is -0.123. The summed E-state index contributed by atoms with van der Waals surface area (Å²) in [6.45, 7) is 2.15. The molecule has 7 nitrogen and oxygen atoms in total. The molecule has 0 atom stereocenters. The summed E-state index contributed by atoms with van der Waals surface area (Å²) in [5, 5.41) is 5.54. The number of hydrogen-bond acceptors (Lipinski definition) is 5. The highest BCUT2D eigenvalue weighted by Crippen LogP contribution is 2.28. The number of amides is 2. The third-order valence-corrected chi connectivity index (χ3v) is 4.35. The van der Waals surface area contributed by atoms with Gasteiger partial charge in [0.1, 0.15) is 0 Å². The highest BCUT2D eigenvalue weighted by Gasteiger charge is 2.10. The van der Waals surface area contributed by atoms with E-state index < -0.39 is 0 Å². The second-order valence-electron chi connectivity index (χ2n) is 6.60. The fourth-order valence-electron chi connectivity index (χ4n) is 2.80. The molecular formula is C24H24N2O5. The molecule has 2 N–H and O–H groups in total. The lowest BCUT2D eigenvalue weighted by Crippen LogP contribution is -2.28. The standard InChI is InChI=1S/C24H24N2O5/c1-3-5-17-9-12-20(22(14-17)29-2)31-16-23(27)25-15-18-7-10-19(11-8-18)26-24(28)21-6-4-13-30-21/h3-14H,15-16H2,1-2H3,(H,25,27)(H,26,28)/b5-3+. The molecule has 0 spiro atoms. The minimum absolute atomic E-state index is 0.128. The van der Waals surface area contributed by atoms with E-state index in [1.165, 1.54) is 6.26 Å². The maximum absolute atomic E-state index is 12.1. The number of nitrogens with one attached hydrogen (secondary N) is 2. The van der Waals surface area contributed by atoms with Gasteiger partial charge in [-0.3, -0.25) is 9.59 Å². The fourth-order valence-corrected chi connectivity index (χ4v) is 2.80. The molecule has 3 aromatic rings. The zero-order valence-electron chi connectivity index (χ0n) is 17.4. The van der Waals surface area contributed by atoms with E-state index in [2.05, 4.69) is 10.6 Å². The van der Waals surface area contributed by atoms with Gasteiger partial charge in [-0.05, 0) is 54.4 Å². The van der Waals surface area contributed by atoms with Gasteiger partial charge in [0.15, 0.2) is 23.9 Å². The lowest BCUT2D eigenvalue weighted by Gasteiger charge is -2.12. The molecular weight excluding hydrogens is 396 g/mol. The zero-order chi connectivity index (χ0) is 22.1. The van der Waals surface area contributed by atoms with Crippen molar-refractivity contribution < 1.29 is 23.5 Å². The highest BCUT2D eigenvalue weighted by molar-refractivity contribution is 6.02. The van der Waals surface area contributed by atoms with Crippen molar-refractivity contribution >= 4 is 23.6 Å². The molecule has 0 saturated heterocycles. The summed E-state index contributed by atoms with van der Waals surface area (Å²) in [4.78, 5) is 24.1. The predicted molar refractivity (Wildman–Crippen MR) is 118 cm³/mol. The molecule has 0 aliphatic heterocycles. The van der Waals surface area contributed by atoms with Gasteiger partial charge >= 0.3 is 0 Å². The SMILES string of the molecule is C/C=C/c1ccc(OCC(=O)NCc2ccc(NC(=O)c3ccco3)cc2)c(OC)c1. The van der Waals surface area contributed by atoms with Crippen LogP contribution in [0.15, 0.2) is 71.4 Å². The molecule has 160 valence electrons. The summed E-state index contributed by atoms with van der Waals surface area (Å²) in [6, 6.07) is 15.9. The first-order valence-electron chi connectivity index (χ1n) is 9.73. The summed E-state index contributed by atoms with van der Waals surface area (Å²) in [6.07, 6.45) is 5.33. The van der Waals surface area contributed by atoms with Crippen molar-refractivity contribution in [1.29, 1.82) is 0 Å². The van der Waals surface area contributed by atoms with Gasteiger partial charge in [0, 0.05) is 12.2 Å². The van der Waals surface area contributed by atoms with E-state index >= 15 is 0 Å². The van der Waals surface area contributed by atoms with Gasteiger partial charge in [-0.15, -0.1) is 0 Å². The average molecular weight is 420 g/mol.